The minimum absolute atomic E-state index is 0.170. The van der Waals surface area contributed by atoms with Crippen LogP contribution in [-0.4, -0.2) is 38.0 Å². The van der Waals surface area contributed by atoms with Crippen molar-refractivity contribution in [1.29, 1.82) is 0 Å². The molecule has 208 valence electrons. The number of hydrogen-bond acceptors (Lipinski definition) is 5. The maximum atomic E-state index is 12.9. The Bertz CT molecular complexity index is 2040. The van der Waals surface area contributed by atoms with E-state index in [9.17, 15) is 24.6 Å². The molecule has 0 spiro atoms. The molecule has 0 aliphatic rings. The van der Waals surface area contributed by atoms with Crippen molar-refractivity contribution in [3.63, 3.8) is 0 Å². The Morgan fingerprint density at radius 2 is 1.38 bits per heavy atom. The Labute approximate surface area is 240 Å². The van der Waals surface area contributed by atoms with Crippen LogP contribution >= 0.6 is 0 Å². The third-order valence-corrected chi connectivity index (χ3v) is 7.41. The van der Waals surface area contributed by atoms with Crippen molar-refractivity contribution in [3.8, 4) is 0 Å². The number of carbonyl (C=O) groups excluding carboxylic acids is 1. The van der Waals surface area contributed by atoms with Crippen LogP contribution in [0.2, 0.25) is 0 Å². The van der Waals surface area contributed by atoms with Gasteiger partial charge >= 0.3 is 11.9 Å². The summed E-state index contributed by atoms with van der Waals surface area (Å²) in [4.78, 5) is 44.4. The van der Waals surface area contributed by atoms with E-state index in [0.29, 0.717) is 29.3 Å². The molecule has 3 aromatic heterocycles. The standard InChI is InChI=1S/C33H26N4O5/c38-29(12-2-1-7-17-37-19-21-8-3-4-9-22(21)23-10-5-6-11-28(23)37)34-27-18-20-13-15-25(32(39)40)35-30(20)31-24(27)14-16-26(36-31)33(41)42/h3-6,8-11,13-16,18-19H,1-2,7,12,17H2,(H2-,34,36,38,39,40,41,42)/p+1. The van der Waals surface area contributed by atoms with Crippen LogP contribution in [0, 0.1) is 0 Å². The van der Waals surface area contributed by atoms with Crippen LogP contribution < -0.4 is 9.88 Å². The van der Waals surface area contributed by atoms with Gasteiger partial charge in [-0.3, -0.25) is 4.79 Å². The van der Waals surface area contributed by atoms with Crippen molar-refractivity contribution in [2.24, 2.45) is 0 Å². The fourth-order valence-corrected chi connectivity index (χ4v) is 5.39. The van der Waals surface area contributed by atoms with Crippen molar-refractivity contribution in [2.75, 3.05) is 5.32 Å². The molecule has 9 heteroatoms. The number of carboxylic acids is 2. The van der Waals surface area contributed by atoms with Crippen LogP contribution in [0.25, 0.3) is 43.5 Å². The van der Waals surface area contributed by atoms with E-state index in [1.807, 2.05) is 12.1 Å². The number of para-hydroxylation sites is 1. The van der Waals surface area contributed by atoms with Crippen LogP contribution in [-0.2, 0) is 11.3 Å². The second kappa shape index (κ2) is 11.2. The fourth-order valence-electron chi connectivity index (χ4n) is 5.39. The first kappa shape index (κ1) is 26.8. The molecule has 6 aromatic rings. The van der Waals surface area contributed by atoms with Gasteiger partial charge in [-0.25, -0.2) is 19.6 Å². The quantitative estimate of drug-likeness (QED) is 0.113. The molecular weight excluding hydrogens is 532 g/mol. The lowest BCUT2D eigenvalue weighted by Crippen LogP contribution is -2.34. The maximum Gasteiger partial charge on any atom is 0.354 e. The largest absolute Gasteiger partial charge is 0.477 e. The first-order valence-corrected chi connectivity index (χ1v) is 13.7. The van der Waals surface area contributed by atoms with E-state index < -0.39 is 11.9 Å². The summed E-state index contributed by atoms with van der Waals surface area (Å²) in [6, 6.07) is 24.3. The molecule has 0 saturated heterocycles. The number of hydrogen-bond donors (Lipinski definition) is 3. The van der Waals surface area contributed by atoms with Crippen LogP contribution in [0.1, 0.15) is 46.7 Å². The van der Waals surface area contributed by atoms with Crippen LogP contribution in [0.3, 0.4) is 0 Å². The molecule has 9 nitrogen and oxygen atoms in total. The molecule has 0 bridgehead atoms. The Kier molecular flexibility index (Phi) is 7.14. The van der Waals surface area contributed by atoms with Crippen molar-refractivity contribution in [3.05, 3.63) is 96.4 Å². The highest BCUT2D eigenvalue weighted by molar-refractivity contribution is 6.13. The van der Waals surface area contributed by atoms with Crippen LogP contribution in [0.15, 0.2) is 85.1 Å². The number of anilines is 1. The number of fused-ring (bicyclic) bond motifs is 6. The lowest BCUT2D eigenvalue weighted by molar-refractivity contribution is -0.670. The number of aryl methyl sites for hydroxylation is 1. The summed E-state index contributed by atoms with van der Waals surface area (Å²) >= 11 is 0. The summed E-state index contributed by atoms with van der Waals surface area (Å²) in [6.45, 7) is 0.838. The van der Waals surface area contributed by atoms with E-state index in [1.54, 1.807) is 18.2 Å². The Balaban J connectivity index is 1.16. The van der Waals surface area contributed by atoms with Crippen LogP contribution in [0.4, 0.5) is 5.69 Å². The summed E-state index contributed by atoms with van der Waals surface area (Å²) in [5.41, 5.74) is 1.73. The van der Waals surface area contributed by atoms with Crippen molar-refractivity contribution in [1.82, 2.24) is 9.97 Å². The topological polar surface area (TPSA) is 133 Å². The first-order valence-electron chi connectivity index (χ1n) is 13.7. The number of rotatable bonds is 9. The second-order valence-electron chi connectivity index (χ2n) is 10.2. The predicted octanol–water partition coefficient (Wildman–Crippen LogP) is 5.97. The van der Waals surface area contributed by atoms with Crippen molar-refractivity contribution in [2.45, 2.75) is 32.2 Å². The number of benzene rings is 3. The lowest BCUT2D eigenvalue weighted by atomic mass is 10.1. The van der Waals surface area contributed by atoms with Gasteiger partial charge in [0.05, 0.1) is 22.1 Å². The average molecular weight is 560 g/mol. The number of pyridine rings is 3. The van der Waals surface area contributed by atoms with Gasteiger partial charge < -0.3 is 15.5 Å². The first-order chi connectivity index (χ1) is 20.4. The van der Waals surface area contributed by atoms with E-state index in [4.69, 9.17) is 0 Å². The van der Waals surface area contributed by atoms with E-state index in [1.165, 1.54) is 33.8 Å². The highest BCUT2D eigenvalue weighted by Gasteiger charge is 2.17. The van der Waals surface area contributed by atoms with Gasteiger partial charge in [0.25, 0.3) is 0 Å². The molecule has 1 amide bonds. The number of aromatic nitrogens is 3. The highest BCUT2D eigenvalue weighted by Crippen LogP contribution is 2.31. The molecule has 42 heavy (non-hydrogen) atoms. The van der Waals surface area contributed by atoms with Gasteiger partial charge in [0.1, 0.15) is 17.9 Å². The van der Waals surface area contributed by atoms with Gasteiger partial charge in [0, 0.05) is 40.5 Å². The normalized spacial score (nSPS) is 11.3. The number of carbonyl (C=O) groups is 3. The van der Waals surface area contributed by atoms with E-state index in [2.05, 4.69) is 62.4 Å². The predicted molar refractivity (Wildman–Crippen MR) is 160 cm³/mol. The van der Waals surface area contributed by atoms with Gasteiger partial charge in [-0.1, -0.05) is 36.4 Å². The molecule has 0 unspecified atom stereocenters. The number of amides is 1. The monoisotopic (exact) mass is 559 g/mol. The summed E-state index contributed by atoms with van der Waals surface area (Å²) in [7, 11) is 0. The summed E-state index contributed by atoms with van der Waals surface area (Å²) in [5.74, 6) is -2.59. The smallest absolute Gasteiger partial charge is 0.354 e. The zero-order valence-electron chi connectivity index (χ0n) is 22.6. The number of carboxylic acid groups (broad SMARTS) is 2. The van der Waals surface area contributed by atoms with Gasteiger partial charge in [-0.05, 0) is 49.2 Å². The average Bonchev–Trinajstić information content (AvgIpc) is 3.00. The SMILES string of the molecule is O=C(CCCCC[n+]1cc2ccccc2c2ccccc21)Nc1cc2ccc(C(=O)O)nc2c2nc(C(=O)O)ccc12. The second-order valence-corrected chi connectivity index (χ2v) is 10.2. The van der Waals surface area contributed by atoms with Gasteiger partial charge in [0.15, 0.2) is 6.20 Å². The highest BCUT2D eigenvalue weighted by atomic mass is 16.4. The third kappa shape index (κ3) is 5.19. The summed E-state index contributed by atoms with van der Waals surface area (Å²) in [6.07, 6.45) is 4.99. The Morgan fingerprint density at radius 1 is 0.690 bits per heavy atom. The summed E-state index contributed by atoms with van der Waals surface area (Å²) < 4.78 is 2.28. The fraction of sp³-hybridized carbons (Fsp3) is 0.152. The van der Waals surface area contributed by atoms with Gasteiger partial charge in [0.2, 0.25) is 11.4 Å². The molecule has 0 radical (unpaired) electrons. The van der Waals surface area contributed by atoms with E-state index in [-0.39, 0.29) is 28.3 Å². The molecule has 0 aliphatic heterocycles. The Hall–Kier alpha value is -5.44. The molecule has 0 fully saturated rings. The molecule has 0 aliphatic carbocycles. The molecule has 3 N–H and O–H groups in total. The van der Waals surface area contributed by atoms with E-state index in [0.717, 1.165) is 19.4 Å². The lowest BCUT2D eigenvalue weighted by Gasteiger charge is -2.12. The Morgan fingerprint density at radius 3 is 2.17 bits per heavy atom. The summed E-state index contributed by atoms with van der Waals surface area (Å²) in [5, 5.41) is 26.4. The molecule has 3 aromatic carbocycles. The van der Waals surface area contributed by atoms with Gasteiger partial charge in [-0.2, -0.15) is 4.57 Å². The zero-order valence-corrected chi connectivity index (χ0v) is 22.6. The minimum Gasteiger partial charge on any atom is -0.477 e. The molecule has 0 atom stereocenters. The number of unbranched alkanes of at least 4 members (excludes halogenated alkanes) is 2. The third-order valence-electron chi connectivity index (χ3n) is 7.41. The van der Waals surface area contributed by atoms with Crippen LogP contribution in [0.5, 0.6) is 0 Å². The molecule has 6 rings (SSSR count). The minimum atomic E-state index is -1.22. The molecule has 0 saturated carbocycles. The number of aromatic carboxylic acids is 2. The molecular formula is C33H27N4O5+. The maximum absolute atomic E-state index is 12.9. The number of nitrogens with zero attached hydrogens (tertiary/aromatic N) is 3. The van der Waals surface area contributed by atoms with Gasteiger partial charge in [-0.15, -0.1) is 0 Å². The number of nitrogens with one attached hydrogen (secondary N) is 1. The van der Waals surface area contributed by atoms with Crippen molar-refractivity contribution < 1.29 is 29.2 Å². The molecule has 3 heterocycles. The van der Waals surface area contributed by atoms with E-state index >= 15 is 0 Å². The van der Waals surface area contributed by atoms with Crippen molar-refractivity contribution >= 4 is 67.0 Å². The zero-order chi connectivity index (χ0) is 29.2.